The number of halogens is 3. The third kappa shape index (κ3) is 3.27. The first-order valence-corrected chi connectivity index (χ1v) is 10.5. The Labute approximate surface area is 170 Å². The fraction of sp³-hybridized carbons (Fsp3) is 0.412. The van der Waals surface area contributed by atoms with Crippen molar-refractivity contribution in [2.45, 2.75) is 26.1 Å². The van der Waals surface area contributed by atoms with E-state index in [-0.39, 0.29) is 24.8 Å². The molecule has 0 saturated carbocycles. The van der Waals surface area contributed by atoms with Gasteiger partial charge in [-0.15, -0.1) is 0 Å². The molecule has 9 nitrogen and oxygen atoms in total. The highest BCUT2D eigenvalue weighted by atomic mass is 32.2. The number of fused-ring (bicyclic) bond motifs is 1. The summed E-state index contributed by atoms with van der Waals surface area (Å²) in [6.45, 7) is 2.68. The highest BCUT2D eigenvalue weighted by Gasteiger charge is 2.38. The first-order valence-electron chi connectivity index (χ1n) is 9.10. The summed E-state index contributed by atoms with van der Waals surface area (Å²) in [5, 5.41) is 6.60. The number of nitrogens with zero attached hydrogens (tertiary/aromatic N) is 5. The molecule has 0 bridgehead atoms. The summed E-state index contributed by atoms with van der Waals surface area (Å²) in [7, 11) is -2.18. The van der Waals surface area contributed by atoms with Crippen LogP contribution >= 0.6 is 0 Å². The summed E-state index contributed by atoms with van der Waals surface area (Å²) in [4.78, 5) is 14.1. The van der Waals surface area contributed by atoms with E-state index >= 15 is 0 Å². The van der Waals surface area contributed by atoms with Crippen LogP contribution in [-0.4, -0.2) is 59.6 Å². The number of aromatic nitrogens is 2. The highest BCUT2D eigenvalue weighted by molar-refractivity contribution is 7.90. The molecule has 30 heavy (non-hydrogen) atoms. The van der Waals surface area contributed by atoms with E-state index < -0.39 is 33.7 Å². The van der Waals surface area contributed by atoms with Crippen molar-refractivity contribution in [3.63, 3.8) is 0 Å². The van der Waals surface area contributed by atoms with Crippen molar-refractivity contribution < 1.29 is 26.4 Å². The van der Waals surface area contributed by atoms with Crippen LogP contribution < -0.4 is 9.62 Å². The van der Waals surface area contributed by atoms with Gasteiger partial charge in [-0.05, 0) is 6.92 Å². The summed E-state index contributed by atoms with van der Waals surface area (Å²) < 4.78 is 69.1. The van der Waals surface area contributed by atoms with Gasteiger partial charge >= 0.3 is 16.2 Å². The van der Waals surface area contributed by atoms with E-state index in [0.29, 0.717) is 36.6 Å². The molecule has 3 heterocycles. The van der Waals surface area contributed by atoms with Crippen LogP contribution in [0.15, 0.2) is 18.3 Å². The van der Waals surface area contributed by atoms with Crippen LogP contribution in [0.4, 0.5) is 29.3 Å². The minimum absolute atomic E-state index is 0.0320. The molecule has 1 aromatic heterocycles. The summed E-state index contributed by atoms with van der Waals surface area (Å²) in [5.74, 6) is -4.45. The van der Waals surface area contributed by atoms with Crippen LogP contribution in [0.1, 0.15) is 12.6 Å². The molecule has 2 aliphatic rings. The van der Waals surface area contributed by atoms with Gasteiger partial charge in [0.15, 0.2) is 17.5 Å². The number of amides is 2. The monoisotopic (exact) mass is 444 g/mol. The van der Waals surface area contributed by atoms with E-state index in [1.54, 1.807) is 11.6 Å². The largest absolute Gasteiger partial charge is 0.322 e. The molecule has 4 rings (SSSR count). The van der Waals surface area contributed by atoms with Gasteiger partial charge in [0.05, 0.1) is 36.7 Å². The Kier molecular flexibility index (Phi) is 4.89. The maximum Gasteiger partial charge on any atom is 0.322 e. The fourth-order valence-corrected chi connectivity index (χ4v) is 4.93. The second kappa shape index (κ2) is 7.16. The number of anilines is 2. The van der Waals surface area contributed by atoms with E-state index in [2.05, 4.69) is 10.4 Å². The van der Waals surface area contributed by atoms with Gasteiger partial charge in [-0.25, -0.2) is 18.0 Å². The predicted molar refractivity (Wildman–Crippen MR) is 101 cm³/mol. The van der Waals surface area contributed by atoms with Gasteiger partial charge in [0.1, 0.15) is 0 Å². The van der Waals surface area contributed by atoms with Gasteiger partial charge in [-0.1, -0.05) is 0 Å². The second-order valence-electron chi connectivity index (χ2n) is 7.22. The number of nitrogens with one attached hydrogen (secondary N) is 1. The van der Waals surface area contributed by atoms with E-state index in [1.807, 2.05) is 0 Å². The zero-order valence-electron chi connectivity index (χ0n) is 16.1. The third-order valence-corrected chi connectivity index (χ3v) is 7.18. The Hall–Kier alpha value is -2.80. The van der Waals surface area contributed by atoms with Gasteiger partial charge in [0, 0.05) is 38.0 Å². The van der Waals surface area contributed by atoms with Crippen LogP contribution in [0.2, 0.25) is 0 Å². The predicted octanol–water partition coefficient (Wildman–Crippen LogP) is 1.73. The topological polar surface area (TPSA) is 90.8 Å². The van der Waals surface area contributed by atoms with Crippen LogP contribution in [0, 0.1) is 17.5 Å². The number of rotatable bonds is 2. The molecule has 13 heteroatoms. The first kappa shape index (κ1) is 20.5. The SMILES string of the molecule is C[C@H]1Cn2ncc(N3CCN(C)S3(=O)=O)c2CN1C(=O)Nc1cc(F)c(F)c(F)c1. The molecule has 0 aliphatic carbocycles. The molecule has 0 radical (unpaired) electrons. The lowest BCUT2D eigenvalue weighted by Gasteiger charge is -2.35. The minimum atomic E-state index is -3.66. The molecule has 0 spiro atoms. The van der Waals surface area contributed by atoms with Gasteiger partial charge in [-0.2, -0.15) is 17.8 Å². The molecule has 1 fully saturated rings. The molecule has 2 aliphatic heterocycles. The van der Waals surface area contributed by atoms with Crippen molar-refractivity contribution in [1.82, 2.24) is 19.0 Å². The molecule has 0 unspecified atom stereocenters. The maximum atomic E-state index is 13.4. The fourth-order valence-electron chi connectivity index (χ4n) is 3.57. The summed E-state index contributed by atoms with van der Waals surface area (Å²) >= 11 is 0. The minimum Gasteiger partial charge on any atom is -0.314 e. The molecular formula is C17H19F3N6O3S. The van der Waals surface area contributed by atoms with Crippen molar-refractivity contribution in [1.29, 1.82) is 0 Å². The number of carbonyl (C=O) groups is 1. The molecule has 162 valence electrons. The normalized spacial score (nSPS) is 21.0. The molecule has 2 amide bonds. The van der Waals surface area contributed by atoms with Crippen molar-refractivity contribution in [3.05, 3.63) is 41.5 Å². The Morgan fingerprint density at radius 3 is 2.47 bits per heavy atom. The van der Waals surface area contributed by atoms with Crippen molar-refractivity contribution in [2.24, 2.45) is 0 Å². The third-order valence-electron chi connectivity index (χ3n) is 5.27. The number of hydrogen-bond acceptors (Lipinski definition) is 4. The average molecular weight is 444 g/mol. The van der Waals surface area contributed by atoms with E-state index in [1.165, 1.54) is 26.8 Å². The Morgan fingerprint density at radius 2 is 1.87 bits per heavy atom. The lowest BCUT2D eigenvalue weighted by atomic mass is 10.2. The van der Waals surface area contributed by atoms with Crippen LogP contribution in [0.25, 0.3) is 0 Å². The Balaban J connectivity index is 1.59. The maximum absolute atomic E-state index is 13.4. The Bertz CT molecular complexity index is 1100. The molecule has 1 N–H and O–H groups in total. The summed E-state index contributed by atoms with van der Waals surface area (Å²) in [5.41, 5.74) is 0.674. The number of likely N-dealkylation sites (N-methyl/N-ethyl adjacent to an activating group) is 1. The summed E-state index contributed by atoms with van der Waals surface area (Å²) in [6, 6.07) is 0.381. The summed E-state index contributed by atoms with van der Waals surface area (Å²) in [6.07, 6.45) is 1.45. The highest BCUT2D eigenvalue weighted by Crippen LogP contribution is 2.31. The molecular weight excluding hydrogens is 425 g/mol. The standard InChI is InChI=1S/C17H19F3N6O3S/c1-10-8-25-15(14(7-21-25)26-4-3-23(2)30(26,28)29)9-24(10)17(27)22-11-5-12(18)16(20)13(19)6-11/h5-7,10H,3-4,8-9H2,1-2H3,(H,22,27)/t10-/m0/s1. The smallest absolute Gasteiger partial charge is 0.314 e. The lowest BCUT2D eigenvalue weighted by molar-refractivity contribution is 0.161. The number of urea groups is 1. The van der Waals surface area contributed by atoms with Crippen LogP contribution in [0.5, 0.6) is 0 Å². The zero-order valence-corrected chi connectivity index (χ0v) is 17.0. The van der Waals surface area contributed by atoms with E-state index in [0.717, 1.165) is 0 Å². The molecule has 2 aromatic rings. The van der Waals surface area contributed by atoms with Gasteiger partial charge in [-0.3, -0.25) is 8.99 Å². The average Bonchev–Trinajstić information content (AvgIpc) is 3.18. The lowest BCUT2D eigenvalue weighted by Crippen LogP contribution is -2.47. The molecule has 1 aromatic carbocycles. The van der Waals surface area contributed by atoms with Crippen LogP contribution in [0.3, 0.4) is 0 Å². The first-order chi connectivity index (χ1) is 14.1. The van der Waals surface area contributed by atoms with E-state index in [4.69, 9.17) is 0 Å². The number of carbonyl (C=O) groups excluding carboxylic acids is 1. The van der Waals surface area contributed by atoms with Gasteiger partial charge < -0.3 is 10.2 Å². The molecule has 1 saturated heterocycles. The number of hydrogen-bond donors (Lipinski definition) is 1. The zero-order chi connectivity index (χ0) is 21.8. The van der Waals surface area contributed by atoms with Crippen LogP contribution in [-0.2, 0) is 23.3 Å². The van der Waals surface area contributed by atoms with E-state index in [9.17, 15) is 26.4 Å². The Morgan fingerprint density at radius 1 is 1.20 bits per heavy atom. The number of benzene rings is 1. The van der Waals surface area contributed by atoms with Crippen molar-refractivity contribution >= 4 is 27.6 Å². The quantitative estimate of drug-likeness (QED) is 0.715. The van der Waals surface area contributed by atoms with Gasteiger partial charge in [0.25, 0.3) is 0 Å². The van der Waals surface area contributed by atoms with Gasteiger partial charge in [0.2, 0.25) is 0 Å². The van der Waals surface area contributed by atoms with Crippen molar-refractivity contribution in [3.8, 4) is 0 Å². The second-order valence-corrected chi connectivity index (χ2v) is 9.18. The molecule has 1 atom stereocenters. The van der Waals surface area contributed by atoms with Crippen molar-refractivity contribution in [2.75, 3.05) is 29.8 Å².